The highest BCUT2D eigenvalue weighted by atomic mass is 31.2. The molecule has 1 N–H and O–H groups in total. The summed E-state index contributed by atoms with van der Waals surface area (Å²) in [5, 5.41) is 10.4. The number of halogens is 4. The third kappa shape index (κ3) is 8.68. The Labute approximate surface area is 272 Å². The summed E-state index contributed by atoms with van der Waals surface area (Å²) < 4.78 is 105. The Bertz CT molecular complexity index is 1770. The molecule has 5 rings (SSSR count). The highest BCUT2D eigenvalue weighted by molar-refractivity contribution is 7.48. The minimum atomic E-state index is -4.85. The Morgan fingerprint density at radius 1 is 0.646 bits per heavy atom. The normalized spacial score (nSPS) is 15.4. The first kappa shape index (κ1) is 34.8. The van der Waals surface area contributed by atoms with Crippen molar-refractivity contribution in [3.8, 4) is 0 Å². The Morgan fingerprint density at radius 3 is 1.46 bits per heavy atom. The third-order valence-electron chi connectivity index (χ3n) is 7.03. The van der Waals surface area contributed by atoms with Crippen LogP contribution in [0.25, 0.3) is 0 Å². The Morgan fingerprint density at radius 2 is 1.04 bits per heavy atom. The van der Waals surface area contributed by atoms with Gasteiger partial charge in [0.15, 0.2) is 11.9 Å². The summed E-state index contributed by atoms with van der Waals surface area (Å²) in [6.07, 6.45) is -3.42. The lowest BCUT2D eigenvalue weighted by Crippen LogP contribution is -2.35. The molecule has 48 heavy (non-hydrogen) atoms. The zero-order valence-corrected chi connectivity index (χ0v) is 26.0. The number of cyclic esters (lactones) is 1. The number of rotatable bonds is 16. The fourth-order valence-corrected chi connectivity index (χ4v) is 5.79. The number of carbonyl (C=O) groups is 1. The van der Waals surface area contributed by atoms with Crippen molar-refractivity contribution in [2.75, 3.05) is 6.61 Å². The van der Waals surface area contributed by atoms with Crippen LogP contribution in [-0.4, -0.2) is 29.9 Å². The van der Waals surface area contributed by atoms with Gasteiger partial charge in [-0.05, 0) is 24.3 Å². The van der Waals surface area contributed by atoms with Gasteiger partial charge in [0.2, 0.25) is 5.76 Å². The largest absolute Gasteiger partial charge is 0.485 e. The molecule has 0 saturated carbocycles. The first-order valence-corrected chi connectivity index (χ1v) is 16.0. The molecule has 2 atom stereocenters. The molecule has 0 fully saturated rings. The van der Waals surface area contributed by atoms with E-state index in [0.29, 0.717) is 0 Å². The summed E-state index contributed by atoms with van der Waals surface area (Å²) in [7, 11) is -4.85. The molecule has 9 nitrogen and oxygen atoms in total. The van der Waals surface area contributed by atoms with Crippen LogP contribution in [0.15, 0.2) is 109 Å². The number of hydrogen-bond acceptors (Lipinski definition) is 9. The lowest BCUT2D eigenvalue weighted by Gasteiger charge is -2.27. The van der Waals surface area contributed by atoms with Gasteiger partial charge in [0, 0.05) is 22.3 Å². The monoisotopic (exact) mass is 688 g/mol. The van der Waals surface area contributed by atoms with Crippen molar-refractivity contribution in [3.63, 3.8) is 0 Å². The van der Waals surface area contributed by atoms with Gasteiger partial charge in [-0.15, -0.1) is 0 Å². The third-order valence-corrected chi connectivity index (χ3v) is 8.45. The molecule has 0 amide bonds. The number of ether oxygens (including phenoxy) is 3. The molecular formula is C34H29F4O9P. The maximum atomic E-state index is 14.4. The van der Waals surface area contributed by atoms with Gasteiger partial charge in [-0.3, -0.25) is 13.6 Å². The van der Waals surface area contributed by atoms with E-state index in [1.54, 1.807) is 12.1 Å². The van der Waals surface area contributed by atoms with Crippen LogP contribution >= 0.6 is 7.82 Å². The second kappa shape index (κ2) is 16.1. The van der Waals surface area contributed by atoms with Crippen molar-refractivity contribution in [1.82, 2.24) is 0 Å². The Balaban J connectivity index is 1.44. The Hall–Kier alpha value is -4.52. The molecule has 0 aromatic heterocycles. The summed E-state index contributed by atoms with van der Waals surface area (Å²) in [6, 6.07) is 22.1. The van der Waals surface area contributed by atoms with Crippen LogP contribution in [0.2, 0.25) is 0 Å². The number of aliphatic hydroxyl groups excluding tert-OH is 1. The SMILES string of the molecule is O=C1O[C@H]([C@H](CO)OP(=O)(OCc2ccccc2F)OCc2ccccc2F)C(OCc2ccccc2F)=C1OCc1ccccc1F. The van der Waals surface area contributed by atoms with E-state index in [9.17, 15) is 32.0 Å². The molecule has 0 aliphatic carbocycles. The smallest absolute Gasteiger partial charge is 0.475 e. The molecule has 1 aliphatic heterocycles. The predicted molar refractivity (Wildman–Crippen MR) is 161 cm³/mol. The molecule has 1 aliphatic rings. The number of aliphatic hydroxyl groups is 1. The van der Waals surface area contributed by atoms with Crippen molar-refractivity contribution in [2.24, 2.45) is 0 Å². The van der Waals surface area contributed by atoms with Gasteiger partial charge in [0.05, 0.1) is 19.8 Å². The predicted octanol–water partition coefficient (Wildman–Crippen LogP) is 7.03. The van der Waals surface area contributed by atoms with Crippen LogP contribution in [0.1, 0.15) is 22.3 Å². The standard InChI is InChI=1S/C34H29F4O9P/c35-26-13-5-1-9-22(26)18-42-32-31(46-34(40)33(32)43-19-23-10-2-6-14-27(23)36)30(17-39)47-48(41,44-20-24-11-3-7-15-28(24)37)45-21-25-12-4-8-16-29(25)38/h1-16,30-31,39H,17-21H2/t30-,31+/m0/s1. The van der Waals surface area contributed by atoms with E-state index in [0.717, 1.165) is 12.1 Å². The number of esters is 1. The lowest BCUT2D eigenvalue weighted by molar-refractivity contribution is -0.148. The topological polar surface area (TPSA) is 110 Å². The zero-order chi connectivity index (χ0) is 34.1. The van der Waals surface area contributed by atoms with E-state index in [-0.39, 0.29) is 22.3 Å². The summed E-state index contributed by atoms with van der Waals surface area (Å²) in [5.74, 6) is -4.68. The van der Waals surface area contributed by atoms with Crippen molar-refractivity contribution in [2.45, 2.75) is 38.6 Å². The molecule has 0 saturated heterocycles. The first-order valence-electron chi connectivity index (χ1n) is 14.5. The van der Waals surface area contributed by atoms with E-state index >= 15 is 0 Å². The first-order chi connectivity index (χ1) is 23.2. The maximum Gasteiger partial charge on any atom is 0.475 e. The quantitative estimate of drug-likeness (QED) is 0.0754. The second-order valence-corrected chi connectivity index (χ2v) is 11.9. The van der Waals surface area contributed by atoms with Gasteiger partial charge < -0.3 is 19.3 Å². The van der Waals surface area contributed by atoms with Gasteiger partial charge in [0.1, 0.15) is 42.6 Å². The minimum absolute atomic E-state index is 0.0266. The van der Waals surface area contributed by atoms with Crippen LogP contribution in [0.5, 0.6) is 0 Å². The van der Waals surface area contributed by atoms with Gasteiger partial charge in [-0.2, -0.15) is 0 Å². The van der Waals surface area contributed by atoms with Crippen molar-refractivity contribution >= 4 is 13.8 Å². The van der Waals surface area contributed by atoms with Crippen LogP contribution in [0.3, 0.4) is 0 Å². The van der Waals surface area contributed by atoms with Crippen molar-refractivity contribution in [3.05, 3.63) is 154 Å². The molecule has 0 bridgehead atoms. The number of carbonyl (C=O) groups excluding carboxylic acids is 1. The summed E-state index contributed by atoms with van der Waals surface area (Å²) in [5.41, 5.74) is 0.102. The maximum absolute atomic E-state index is 14.4. The minimum Gasteiger partial charge on any atom is -0.485 e. The number of phosphoric acid groups is 1. The molecule has 14 heteroatoms. The summed E-state index contributed by atoms with van der Waals surface area (Å²) >= 11 is 0. The fourth-order valence-electron chi connectivity index (χ4n) is 4.49. The molecule has 252 valence electrons. The van der Waals surface area contributed by atoms with Gasteiger partial charge in [-0.25, -0.2) is 26.9 Å². The summed E-state index contributed by atoms with van der Waals surface area (Å²) in [4.78, 5) is 13.1. The van der Waals surface area contributed by atoms with Crippen LogP contribution < -0.4 is 0 Å². The highest BCUT2D eigenvalue weighted by Crippen LogP contribution is 2.53. The van der Waals surface area contributed by atoms with Gasteiger partial charge in [0.25, 0.3) is 0 Å². The molecule has 0 radical (unpaired) electrons. The molecule has 4 aromatic carbocycles. The van der Waals surface area contributed by atoms with Crippen LogP contribution in [0, 0.1) is 23.3 Å². The average molecular weight is 689 g/mol. The van der Waals surface area contributed by atoms with Crippen LogP contribution in [-0.2, 0) is 63.6 Å². The summed E-state index contributed by atoms with van der Waals surface area (Å²) in [6.45, 7) is -3.15. The fraction of sp³-hybridized carbons (Fsp3) is 0.206. The number of phosphoric ester groups is 1. The van der Waals surface area contributed by atoms with E-state index in [4.69, 9.17) is 27.8 Å². The lowest BCUT2D eigenvalue weighted by atomic mass is 10.1. The molecule has 0 unspecified atom stereocenters. The zero-order valence-electron chi connectivity index (χ0n) is 25.1. The molecular weight excluding hydrogens is 659 g/mol. The number of benzene rings is 4. The Kier molecular flexibility index (Phi) is 11.6. The van der Waals surface area contributed by atoms with E-state index in [1.807, 2.05) is 0 Å². The molecule has 4 aromatic rings. The molecule has 1 heterocycles. The number of hydrogen-bond donors (Lipinski definition) is 1. The van der Waals surface area contributed by atoms with E-state index in [1.165, 1.54) is 72.8 Å². The highest BCUT2D eigenvalue weighted by Gasteiger charge is 2.46. The van der Waals surface area contributed by atoms with Crippen molar-refractivity contribution in [1.29, 1.82) is 0 Å². The average Bonchev–Trinajstić information content (AvgIpc) is 3.40. The molecule has 0 spiro atoms. The van der Waals surface area contributed by atoms with E-state index < -0.39 is 93.8 Å². The van der Waals surface area contributed by atoms with E-state index in [2.05, 4.69) is 0 Å². The van der Waals surface area contributed by atoms with Crippen LogP contribution in [0.4, 0.5) is 17.6 Å². The van der Waals surface area contributed by atoms with Gasteiger partial charge in [-0.1, -0.05) is 72.8 Å². The van der Waals surface area contributed by atoms with Gasteiger partial charge >= 0.3 is 13.8 Å². The second-order valence-electron chi connectivity index (χ2n) is 10.3. The van der Waals surface area contributed by atoms with Crippen molar-refractivity contribution < 1.29 is 59.8 Å².